The van der Waals surface area contributed by atoms with Gasteiger partial charge in [0.1, 0.15) is 0 Å². The lowest BCUT2D eigenvalue weighted by molar-refractivity contribution is -0.139. The molecule has 1 aromatic rings. The number of urea groups is 1. The van der Waals surface area contributed by atoms with Gasteiger partial charge in [-0.2, -0.15) is 11.8 Å². The third-order valence-electron chi connectivity index (χ3n) is 4.04. The lowest BCUT2D eigenvalue weighted by Gasteiger charge is -2.33. The van der Waals surface area contributed by atoms with Crippen LogP contribution in [0.15, 0.2) is 24.3 Å². The third-order valence-corrected chi connectivity index (χ3v) is 5.20. The van der Waals surface area contributed by atoms with Gasteiger partial charge in [-0.1, -0.05) is 24.3 Å². The van der Waals surface area contributed by atoms with Crippen molar-refractivity contribution in [3.05, 3.63) is 35.4 Å². The number of carboxylic acid groups (broad SMARTS) is 1. The molecular weight excluding hydrogens is 288 g/mol. The van der Waals surface area contributed by atoms with Crippen LogP contribution in [0.4, 0.5) is 4.79 Å². The average molecular weight is 306 g/mol. The van der Waals surface area contributed by atoms with Crippen molar-refractivity contribution in [3.63, 3.8) is 0 Å². The van der Waals surface area contributed by atoms with E-state index in [1.807, 2.05) is 36.0 Å². The fraction of sp³-hybridized carbons (Fsp3) is 0.467. The number of carboxylic acids is 1. The molecule has 112 valence electrons. The van der Waals surface area contributed by atoms with Crippen LogP contribution in [-0.2, 0) is 11.3 Å². The van der Waals surface area contributed by atoms with Gasteiger partial charge in [0.05, 0.1) is 5.92 Å². The second-order valence-electron chi connectivity index (χ2n) is 5.48. The van der Waals surface area contributed by atoms with Gasteiger partial charge in [-0.15, -0.1) is 0 Å². The predicted molar refractivity (Wildman–Crippen MR) is 81.5 cm³/mol. The highest BCUT2D eigenvalue weighted by Crippen LogP contribution is 2.28. The van der Waals surface area contributed by atoms with Crippen molar-refractivity contribution in [3.8, 4) is 0 Å². The van der Waals surface area contributed by atoms with Crippen molar-refractivity contribution >= 4 is 23.8 Å². The molecule has 2 N–H and O–H groups in total. The Morgan fingerprint density at radius 3 is 2.86 bits per heavy atom. The lowest BCUT2D eigenvalue weighted by atomic mass is 9.90. The number of aliphatic carboxylic acids is 1. The highest BCUT2D eigenvalue weighted by Gasteiger charge is 2.33. The molecule has 0 aliphatic carbocycles. The van der Waals surface area contributed by atoms with Crippen molar-refractivity contribution in [1.29, 1.82) is 0 Å². The summed E-state index contributed by atoms with van der Waals surface area (Å²) in [5.41, 5.74) is 1.75. The van der Waals surface area contributed by atoms with Gasteiger partial charge >= 0.3 is 12.0 Å². The number of fused-ring (bicyclic) bond motifs is 1. The molecule has 5 nitrogen and oxygen atoms in total. The summed E-state index contributed by atoms with van der Waals surface area (Å²) in [5.74, 6) is 0.499. The maximum Gasteiger partial charge on any atom is 0.317 e. The SMILES string of the molecule is O=C(O)C1CN(C(=O)NC2CCSC2)Cc2ccccc21. The van der Waals surface area contributed by atoms with Crippen molar-refractivity contribution in [2.75, 3.05) is 18.1 Å². The van der Waals surface area contributed by atoms with Gasteiger partial charge in [0.15, 0.2) is 0 Å². The molecule has 2 aliphatic rings. The van der Waals surface area contributed by atoms with Gasteiger partial charge in [-0.3, -0.25) is 4.79 Å². The van der Waals surface area contributed by atoms with Crippen LogP contribution in [0.2, 0.25) is 0 Å². The van der Waals surface area contributed by atoms with E-state index in [-0.39, 0.29) is 18.6 Å². The van der Waals surface area contributed by atoms with E-state index < -0.39 is 11.9 Å². The van der Waals surface area contributed by atoms with Crippen molar-refractivity contribution < 1.29 is 14.7 Å². The van der Waals surface area contributed by atoms with Crippen molar-refractivity contribution in [1.82, 2.24) is 10.2 Å². The zero-order valence-electron chi connectivity index (χ0n) is 11.6. The van der Waals surface area contributed by atoms with Crippen LogP contribution in [0, 0.1) is 0 Å². The largest absolute Gasteiger partial charge is 0.481 e. The number of thioether (sulfide) groups is 1. The van der Waals surface area contributed by atoms with E-state index in [0.29, 0.717) is 6.54 Å². The number of carbonyl (C=O) groups is 2. The molecule has 1 aromatic carbocycles. The molecule has 21 heavy (non-hydrogen) atoms. The van der Waals surface area contributed by atoms with E-state index >= 15 is 0 Å². The van der Waals surface area contributed by atoms with E-state index in [1.165, 1.54) is 0 Å². The summed E-state index contributed by atoms with van der Waals surface area (Å²) in [7, 11) is 0. The normalized spacial score (nSPS) is 24.5. The second kappa shape index (κ2) is 5.97. The maximum absolute atomic E-state index is 12.3. The van der Waals surface area contributed by atoms with E-state index in [4.69, 9.17) is 0 Å². The average Bonchev–Trinajstić information content (AvgIpc) is 2.98. The highest BCUT2D eigenvalue weighted by atomic mass is 32.2. The van der Waals surface area contributed by atoms with Gasteiger partial charge in [0.2, 0.25) is 0 Å². The Morgan fingerprint density at radius 2 is 2.14 bits per heavy atom. The van der Waals surface area contributed by atoms with Crippen LogP contribution in [-0.4, -0.2) is 46.1 Å². The van der Waals surface area contributed by atoms with E-state index in [1.54, 1.807) is 4.90 Å². The number of rotatable bonds is 2. The Kier molecular flexibility index (Phi) is 4.05. The second-order valence-corrected chi connectivity index (χ2v) is 6.63. The maximum atomic E-state index is 12.3. The summed E-state index contributed by atoms with van der Waals surface area (Å²) in [5, 5.41) is 12.4. The van der Waals surface area contributed by atoms with Crippen LogP contribution in [0.5, 0.6) is 0 Å². The molecule has 0 saturated carbocycles. The van der Waals surface area contributed by atoms with Crippen LogP contribution in [0.3, 0.4) is 0 Å². The predicted octanol–water partition coefficient (Wildman–Crippen LogP) is 1.89. The van der Waals surface area contributed by atoms with Crippen molar-refractivity contribution in [2.24, 2.45) is 0 Å². The molecule has 2 aliphatic heterocycles. The molecule has 0 bridgehead atoms. The van der Waals surface area contributed by atoms with Gasteiger partial charge < -0.3 is 15.3 Å². The Labute approximate surface area is 127 Å². The van der Waals surface area contributed by atoms with Gasteiger partial charge in [0, 0.05) is 24.9 Å². The molecule has 2 amide bonds. The van der Waals surface area contributed by atoms with Gasteiger partial charge in [-0.05, 0) is 23.3 Å². The monoisotopic (exact) mass is 306 g/mol. The molecule has 2 unspecified atom stereocenters. The molecule has 0 radical (unpaired) electrons. The summed E-state index contributed by atoms with van der Waals surface area (Å²) >= 11 is 1.84. The minimum absolute atomic E-state index is 0.150. The summed E-state index contributed by atoms with van der Waals surface area (Å²) in [6.07, 6.45) is 0.989. The Hall–Kier alpha value is -1.69. The van der Waals surface area contributed by atoms with Crippen LogP contribution in [0.1, 0.15) is 23.5 Å². The van der Waals surface area contributed by atoms with Crippen LogP contribution >= 0.6 is 11.8 Å². The van der Waals surface area contributed by atoms with Gasteiger partial charge in [-0.25, -0.2) is 4.79 Å². The number of benzene rings is 1. The standard InChI is InChI=1S/C15H18N2O3S/c18-14(19)13-8-17(7-10-3-1-2-4-12(10)13)15(20)16-11-5-6-21-9-11/h1-4,11,13H,5-9H2,(H,16,20)(H,18,19). The molecule has 1 saturated heterocycles. The number of hydrogen-bond donors (Lipinski definition) is 2. The first-order valence-corrected chi connectivity index (χ1v) is 8.24. The summed E-state index contributed by atoms with van der Waals surface area (Å²) in [6.45, 7) is 0.712. The minimum Gasteiger partial charge on any atom is -0.481 e. The quantitative estimate of drug-likeness (QED) is 0.875. The van der Waals surface area contributed by atoms with Crippen LogP contribution in [0.25, 0.3) is 0 Å². The summed E-state index contributed by atoms with van der Waals surface area (Å²) < 4.78 is 0. The summed E-state index contributed by atoms with van der Waals surface area (Å²) in [4.78, 5) is 25.4. The number of nitrogens with one attached hydrogen (secondary N) is 1. The zero-order chi connectivity index (χ0) is 14.8. The lowest BCUT2D eigenvalue weighted by Crippen LogP contribution is -2.48. The number of hydrogen-bond acceptors (Lipinski definition) is 3. The molecular formula is C15H18N2O3S. The third kappa shape index (κ3) is 3.00. The number of nitrogens with zero attached hydrogens (tertiary/aromatic N) is 1. The Morgan fingerprint density at radius 1 is 1.33 bits per heavy atom. The summed E-state index contributed by atoms with van der Waals surface area (Å²) in [6, 6.07) is 7.53. The first-order valence-electron chi connectivity index (χ1n) is 7.09. The molecule has 3 rings (SSSR count). The number of amides is 2. The molecule has 6 heteroatoms. The van der Waals surface area contributed by atoms with Gasteiger partial charge in [0.25, 0.3) is 0 Å². The first kappa shape index (κ1) is 14.3. The van der Waals surface area contributed by atoms with E-state index in [9.17, 15) is 14.7 Å². The Balaban J connectivity index is 1.76. The fourth-order valence-corrected chi connectivity index (χ4v) is 4.04. The fourth-order valence-electron chi connectivity index (χ4n) is 2.89. The highest BCUT2D eigenvalue weighted by molar-refractivity contribution is 7.99. The molecule has 1 fully saturated rings. The number of carbonyl (C=O) groups excluding carboxylic acids is 1. The molecule has 0 spiro atoms. The van der Waals surface area contributed by atoms with Crippen molar-refractivity contribution in [2.45, 2.75) is 24.9 Å². The van der Waals surface area contributed by atoms with E-state index in [2.05, 4.69) is 5.32 Å². The topological polar surface area (TPSA) is 69.6 Å². The Bertz CT molecular complexity index is 558. The smallest absolute Gasteiger partial charge is 0.317 e. The molecule has 2 atom stereocenters. The molecule has 0 aromatic heterocycles. The van der Waals surface area contributed by atoms with E-state index in [0.717, 1.165) is 29.1 Å². The zero-order valence-corrected chi connectivity index (χ0v) is 12.4. The first-order chi connectivity index (χ1) is 10.1. The molecule has 2 heterocycles. The van der Waals surface area contributed by atoms with Crippen LogP contribution < -0.4 is 5.32 Å². The minimum atomic E-state index is -0.878.